The minimum atomic E-state index is 0.294. The molecular formula is C64H86O15. The van der Waals surface area contributed by atoms with Gasteiger partial charge in [0.05, 0.1) is 119 Å². The van der Waals surface area contributed by atoms with Crippen LogP contribution >= 0.6 is 0 Å². The third-order valence-corrected chi connectivity index (χ3v) is 13.2. The molecule has 0 fully saturated rings. The van der Waals surface area contributed by atoms with Crippen molar-refractivity contribution in [2.75, 3.05) is 132 Å². The molecule has 9 aliphatic carbocycles. The van der Waals surface area contributed by atoms with Gasteiger partial charge in [0.1, 0.15) is 64.1 Å². The maximum Gasteiger partial charge on any atom is 0.123 e. The predicted octanol–water partition coefficient (Wildman–Crippen LogP) is 11.4. The number of hydrogen-bond acceptors (Lipinski definition) is 15. The maximum atomic E-state index is 6.83. The van der Waals surface area contributed by atoms with Gasteiger partial charge in [-0.15, -0.1) is 0 Å². The molecule has 0 N–H and O–H groups in total. The van der Waals surface area contributed by atoms with Crippen molar-refractivity contribution in [1.29, 1.82) is 0 Å². The van der Waals surface area contributed by atoms with E-state index in [0.29, 0.717) is 182 Å². The SMILES string of the molecule is CCOc1cc2c(OCC)cc1Cc1cc(OCC)c(cc1OCC)Cc1cc(OCC)c(cc1OCC)Cc1cc3c(cc1OCCOCCOCCOCCOCCOCCCO3)Cc1cc(OCC)c(cc1OCC)C2. The Hall–Kier alpha value is -6.10. The largest absolute Gasteiger partial charge is 0.494 e. The van der Waals surface area contributed by atoms with E-state index in [-0.39, 0.29) is 0 Å². The van der Waals surface area contributed by atoms with Gasteiger partial charge in [0.15, 0.2) is 0 Å². The zero-order valence-corrected chi connectivity index (χ0v) is 48.3. The lowest BCUT2D eigenvalue weighted by Gasteiger charge is -2.22. The predicted molar refractivity (Wildman–Crippen MR) is 305 cm³/mol. The Balaban J connectivity index is 1.45. The fourth-order valence-corrected chi connectivity index (χ4v) is 9.75. The van der Waals surface area contributed by atoms with E-state index < -0.39 is 0 Å². The summed E-state index contributed by atoms with van der Waals surface area (Å²) in [6, 6.07) is 21.1. The monoisotopic (exact) mass is 1090 g/mol. The lowest BCUT2D eigenvalue weighted by molar-refractivity contribution is -0.0132. The first-order valence-electron chi connectivity index (χ1n) is 28.8. The average Bonchev–Trinajstić information content (AvgIpc) is 3.45. The summed E-state index contributed by atoms with van der Waals surface area (Å²) in [5, 5.41) is 0. The van der Waals surface area contributed by atoms with Gasteiger partial charge in [-0.05, 0) is 116 Å². The molecule has 2 aliphatic heterocycles. The van der Waals surface area contributed by atoms with Crippen molar-refractivity contribution in [1.82, 2.24) is 0 Å². The van der Waals surface area contributed by atoms with Gasteiger partial charge in [-0.1, -0.05) is 0 Å². The van der Waals surface area contributed by atoms with Crippen LogP contribution in [0.4, 0.5) is 0 Å². The number of benzene rings is 5. The zero-order valence-electron chi connectivity index (χ0n) is 48.3. The van der Waals surface area contributed by atoms with Gasteiger partial charge in [-0.2, -0.15) is 0 Å². The average molecular weight is 1100 g/mol. The first kappa shape index (κ1) is 60.5. The Labute approximate surface area is 469 Å². The highest BCUT2D eigenvalue weighted by molar-refractivity contribution is 5.59. The lowest BCUT2D eigenvalue weighted by Crippen LogP contribution is -2.15. The van der Waals surface area contributed by atoms with Crippen LogP contribution in [-0.4, -0.2) is 132 Å². The van der Waals surface area contributed by atoms with E-state index in [9.17, 15) is 0 Å². The van der Waals surface area contributed by atoms with Crippen molar-refractivity contribution < 1.29 is 71.1 Å². The highest BCUT2D eigenvalue weighted by Crippen LogP contribution is 2.43. The molecule has 5 aromatic rings. The molecule has 12 bridgehead atoms. The van der Waals surface area contributed by atoms with Crippen LogP contribution in [-0.2, 0) is 55.8 Å². The van der Waals surface area contributed by atoms with Gasteiger partial charge in [0.2, 0.25) is 0 Å². The summed E-state index contributed by atoms with van der Waals surface area (Å²) in [7, 11) is 0. The van der Waals surface area contributed by atoms with Crippen LogP contribution in [0, 0.1) is 0 Å². The van der Waals surface area contributed by atoms with E-state index in [1.165, 1.54) is 0 Å². The Morgan fingerprint density at radius 2 is 0.443 bits per heavy atom. The molecular weight excluding hydrogens is 1010 g/mol. The first-order valence-corrected chi connectivity index (χ1v) is 28.8. The second-order valence-corrected chi connectivity index (χ2v) is 18.8. The Kier molecular flexibility index (Phi) is 25.2. The van der Waals surface area contributed by atoms with Gasteiger partial charge in [-0.3, -0.25) is 0 Å². The van der Waals surface area contributed by atoms with Crippen molar-refractivity contribution >= 4 is 0 Å². The normalized spacial score (nSPS) is 15.3. The Bertz CT molecular complexity index is 2470. The molecule has 0 saturated carbocycles. The first-order chi connectivity index (χ1) is 38.8. The summed E-state index contributed by atoms with van der Waals surface area (Å²) in [6.07, 6.45) is 3.03. The van der Waals surface area contributed by atoms with Crippen LogP contribution in [0.15, 0.2) is 60.7 Å². The molecule has 432 valence electrons. The van der Waals surface area contributed by atoms with Crippen molar-refractivity contribution in [3.8, 4) is 57.5 Å². The molecule has 11 aliphatic rings. The fraction of sp³-hybridized carbons (Fsp3) is 0.531. The molecule has 2 heterocycles. The molecule has 0 atom stereocenters. The number of fused-ring (bicyclic) bond motifs is 19. The van der Waals surface area contributed by atoms with E-state index in [0.717, 1.165) is 102 Å². The molecule has 15 nitrogen and oxygen atoms in total. The second-order valence-electron chi connectivity index (χ2n) is 18.8. The summed E-state index contributed by atoms with van der Waals surface area (Å²) in [5.41, 5.74) is 9.41. The van der Waals surface area contributed by atoms with Gasteiger partial charge in [0, 0.05) is 101 Å². The molecule has 5 aromatic carbocycles. The smallest absolute Gasteiger partial charge is 0.123 e. The van der Waals surface area contributed by atoms with Crippen LogP contribution in [0.3, 0.4) is 0 Å². The third kappa shape index (κ3) is 17.7. The minimum Gasteiger partial charge on any atom is -0.494 e. The fourth-order valence-electron chi connectivity index (χ4n) is 9.75. The molecule has 0 unspecified atom stereocenters. The van der Waals surface area contributed by atoms with Gasteiger partial charge in [-0.25, -0.2) is 0 Å². The topological polar surface area (TPSA) is 138 Å². The summed E-state index contributed by atoms with van der Waals surface area (Å²) < 4.78 is 94.9. The molecule has 79 heavy (non-hydrogen) atoms. The summed E-state index contributed by atoms with van der Waals surface area (Å²) in [4.78, 5) is 0. The molecule has 0 spiro atoms. The van der Waals surface area contributed by atoms with Crippen LogP contribution in [0.1, 0.15) is 117 Å². The number of ether oxygens (including phenoxy) is 15. The van der Waals surface area contributed by atoms with E-state index in [4.69, 9.17) is 71.1 Å². The van der Waals surface area contributed by atoms with E-state index in [2.05, 4.69) is 60.7 Å². The van der Waals surface area contributed by atoms with E-state index in [1.807, 2.05) is 55.4 Å². The molecule has 0 amide bonds. The van der Waals surface area contributed by atoms with Gasteiger partial charge >= 0.3 is 0 Å². The van der Waals surface area contributed by atoms with Crippen molar-refractivity contribution in [2.45, 2.75) is 93.9 Å². The molecule has 0 radical (unpaired) electrons. The summed E-state index contributed by atoms with van der Waals surface area (Å²) >= 11 is 0. The maximum absolute atomic E-state index is 6.83. The van der Waals surface area contributed by atoms with Crippen LogP contribution in [0.2, 0.25) is 0 Å². The zero-order chi connectivity index (χ0) is 55.6. The molecule has 0 aromatic heterocycles. The van der Waals surface area contributed by atoms with Crippen molar-refractivity contribution in [3.05, 3.63) is 116 Å². The van der Waals surface area contributed by atoms with Gasteiger partial charge in [0.25, 0.3) is 0 Å². The van der Waals surface area contributed by atoms with Gasteiger partial charge < -0.3 is 71.1 Å². The van der Waals surface area contributed by atoms with E-state index in [1.54, 1.807) is 0 Å². The second kappa shape index (κ2) is 32.8. The van der Waals surface area contributed by atoms with E-state index >= 15 is 0 Å². The standard InChI is InChI=1S/C64H86O15/c1-9-70-55-37-47-31-49-39-61(76-15-7)51(41-59(49)74-13-5)33-53-44-64-54(43-63(53)78-19-17-18-65-20-21-66-22-23-67-24-25-68-26-27-69-28-29-79-64)34-52-42-60(75-14-6)50(40-62(52)77-16-8)32-48-38-56(71-10-2)46(36-58(48)73-12-4)30-45(55)35-57(47)72-11-3/h35-44H,9-34H2,1-8H3. The molecule has 16 rings (SSSR count). The van der Waals surface area contributed by atoms with Crippen molar-refractivity contribution in [2.24, 2.45) is 0 Å². The minimum absolute atomic E-state index is 0.294. The summed E-state index contributed by atoms with van der Waals surface area (Å²) in [6.45, 7) is 25.0. The summed E-state index contributed by atoms with van der Waals surface area (Å²) in [5.74, 6) is 7.40. The van der Waals surface area contributed by atoms with Crippen LogP contribution in [0.5, 0.6) is 57.5 Å². The Morgan fingerprint density at radius 3 is 0.684 bits per heavy atom. The quantitative estimate of drug-likeness (QED) is 0.0849. The number of hydrogen-bond donors (Lipinski definition) is 0. The Morgan fingerprint density at radius 1 is 0.241 bits per heavy atom. The molecule has 0 saturated heterocycles. The molecule has 15 heteroatoms. The van der Waals surface area contributed by atoms with Crippen molar-refractivity contribution in [3.63, 3.8) is 0 Å². The highest BCUT2D eigenvalue weighted by Gasteiger charge is 2.24. The van der Waals surface area contributed by atoms with Crippen LogP contribution < -0.4 is 47.4 Å². The van der Waals surface area contributed by atoms with Crippen LogP contribution in [0.25, 0.3) is 0 Å². The number of rotatable bonds is 16. The highest BCUT2D eigenvalue weighted by atomic mass is 16.6. The lowest BCUT2D eigenvalue weighted by atomic mass is 9.94. The third-order valence-electron chi connectivity index (χ3n) is 13.2.